The van der Waals surface area contributed by atoms with Gasteiger partial charge in [-0.25, -0.2) is 9.78 Å². The van der Waals surface area contributed by atoms with Crippen LogP contribution >= 0.6 is 23.4 Å². The second kappa shape index (κ2) is 12.5. The molecular formula is C25H28ClN3O3S. The number of imidazole rings is 1. The molecule has 1 amide bonds. The molecule has 0 aliphatic carbocycles. The lowest BCUT2D eigenvalue weighted by Crippen LogP contribution is -2.42. The summed E-state index contributed by atoms with van der Waals surface area (Å²) in [7, 11) is 0. The van der Waals surface area contributed by atoms with Crippen LogP contribution < -0.4 is 5.32 Å². The van der Waals surface area contributed by atoms with Crippen LogP contribution in [0.15, 0.2) is 66.0 Å². The molecule has 0 saturated carbocycles. The second-order valence-electron chi connectivity index (χ2n) is 7.72. The molecule has 174 valence electrons. The zero-order valence-corrected chi connectivity index (χ0v) is 20.1. The summed E-state index contributed by atoms with van der Waals surface area (Å²) in [6.07, 6.45) is 3.62. The van der Waals surface area contributed by atoms with Crippen LogP contribution in [0.4, 0.5) is 0 Å². The number of carboxylic acid groups (broad SMARTS) is 1. The van der Waals surface area contributed by atoms with Crippen molar-refractivity contribution in [3.05, 3.63) is 82.6 Å². The van der Waals surface area contributed by atoms with Crippen LogP contribution in [-0.2, 0) is 29.0 Å². The average Bonchev–Trinajstić information content (AvgIpc) is 3.18. The number of amides is 1. The number of carbonyl (C=O) groups is 2. The lowest BCUT2D eigenvalue weighted by atomic mass is 10.1. The maximum Gasteiger partial charge on any atom is 0.326 e. The number of halogens is 1. The van der Waals surface area contributed by atoms with Gasteiger partial charge in [0.05, 0.1) is 13.0 Å². The maximum absolute atomic E-state index is 12.8. The quantitative estimate of drug-likeness (QED) is 0.359. The molecule has 2 N–H and O–H groups in total. The molecule has 3 rings (SSSR count). The minimum Gasteiger partial charge on any atom is -0.480 e. The van der Waals surface area contributed by atoms with E-state index in [0.717, 1.165) is 34.2 Å². The summed E-state index contributed by atoms with van der Waals surface area (Å²) in [6, 6.07) is 16.3. The van der Waals surface area contributed by atoms with Gasteiger partial charge in [0, 0.05) is 22.7 Å². The fraction of sp³-hybridized carbons (Fsp3) is 0.320. The first kappa shape index (κ1) is 24.9. The third-order valence-electron chi connectivity index (χ3n) is 5.16. The van der Waals surface area contributed by atoms with Gasteiger partial charge in [-0.05, 0) is 36.5 Å². The second-order valence-corrected chi connectivity index (χ2v) is 9.19. The van der Waals surface area contributed by atoms with Crippen LogP contribution in [0.25, 0.3) is 0 Å². The first-order chi connectivity index (χ1) is 16.0. The Morgan fingerprint density at radius 1 is 1.15 bits per heavy atom. The molecular weight excluding hydrogens is 458 g/mol. The summed E-state index contributed by atoms with van der Waals surface area (Å²) in [4.78, 5) is 29.0. The zero-order chi connectivity index (χ0) is 23.6. The van der Waals surface area contributed by atoms with Crippen LogP contribution in [0.2, 0.25) is 5.02 Å². The molecule has 1 unspecified atom stereocenters. The summed E-state index contributed by atoms with van der Waals surface area (Å²) in [5.74, 6) is -0.475. The summed E-state index contributed by atoms with van der Waals surface area (Å²) >= 11 is 7.99. The number of aromatic nitrogens is 2. The summed E-state index contributed by atoms with van der Waals surface area (Å²) in [5.41, 5.74) is 2.69. The fourth-order valence-electron chi connectivity index (χ4n) is 3.43. The SMILES string of the molecule is CCCSc1ncc(CC(=O)NC(CCc2ccccc2)C(=O)O)n1Cc1ccccc1Cl. The Balaban J connectivity index is 1.71. The van der Waals surface area contributed by atoms with Gasteiger partial charge in [0.2, 0.25) is 5.91 Å². The lowest BCUT2D eigenvalue weighted by Gasteiger charge is -2.16. The molecule has 6 nitrogen and oxygen atoms in total. The minimum atomic E-state index is -1.04. The number of aliphatic carboxylic acids is 1. The minimum absolute atomic E-state index is 0.0409. The van der Waals surface area contributed by atoms with E-state index in [-0.39, 0.29) is 12.3 Å². The van der Waals surface area contributed by atoms with E-state index in [1.165, 1.54) is 0 Å². The van der Waals surface area contributed by atoms with E-state index >= 15 is 0 Å². The number of thioether (sulfide) groups is 1. The van der Waals surface area contributed by atoms with Crippen LogP contribution in [0.3, 0.4) is 0 Å². The van der Waals surface area contributed by atoms with Gasteiger partial charge in [0.1, 0.15) is 6.04 Å². The van der Waals surface area contributed by atoms with Crippen LogP contribution in [0.1, 0.15) is 36.6 Å². The molecule has 0 aliphatic rings. The molecule has 0 saturated heterocycles. The molecule has 0 aliphatic heterocycles. The zero-order valence-electron chi connectivity index (χ0n) is 18.5. The third-order valence-corrected chi connectivity index (χ3v) is 6.73. The van der Waals surface area contributed by atoms with Crippen molar-refractivity contribution in [1.29, 1.82) is 0 Å². The van der Waals surface area contributed by atoms with E-state index < -0.39 is 12.0 Å². The number of hydrogen-bond acceptors (Lipinski definition) is 4. The predicted molar refractivity (Wildman–Crippen MR) is 132 cm³/mol. The van der Waals surface area contributed by atoms with Gasteiger partial charge in [-0.15, -0.1) is 0 Å². The van der Waals surface area contributed by atoms with Crippen molar-refractivity contribution in [2.75, 3.05) is 5.75 Å². The number of carboxylic acids is 1. The number of rotatable bonds is 12. The number of nitrogens with one attached hydrogen (secondary N) is 1. The van der Waals surface area contributed by atoms with Gasteiger partial charge >= 0.3 is 5.97 Å². The number of hydrogen-bond donors (Lipinski definition) is 2. The molecule has 0 fully saturated rings. The van der Waals surface area contributed by atoms with Crippen molar-refractivity contribution in [1.82, 2.24) is 14.9 Å². The normalized spacial score (nSPS) is 11.8. The number of benzene rings is 2. The monoisotopic (exact) mass is 485 g/mol. The van der Waals surface area contributed by atoms with E-state index in [2.05, 4.69) is 17.2 Å². The first-order valence-corrected chi connectivity index (χ1v) is 12.3. The van der Waals surface area contributed by atoms with E-state index in [1.54, 1.807) is 18.0 Å². The number of nitrogens with zero attached hydrogens (tertiary/aromatic N) is 2. The molecule has 0 spiro atoms. The van der Waals surface area contributed by atoms with Gasteiger partial charge in [0.15, 0.2) is 5.16 Å². The van der Waals surface area contributed by atoms with Gasteiger partial charge in [-0.1, -0.05) is 78.8 Å². The first-order valence-electron chi connectivity index (χ1n) is 10.9. The standard InChI is InChI=1S/C25H28ClN3O3S/c1-2-14-33-25-27-16-20(29(25)17-19-10-6-7-11-21(19)26)15-23(30)28-22(24(31)32)13-12-18-8-4-3-5-9-18/h3-11,16,22H,2,12-15,17H2,1H3,(H,28,30)(H,31,32). The third kappa shape index (κ3) is 7.37. The van der Waals surface area contributed by atoms with Crippen LogP contribution in [0.5, 0.6) is 0 Å². The van der Waals surface area contributed by atoms with Crippen molar-refractivity contribution in [3.8, 4) is 0 Å². The Hall–Kier alpha value is -2.77. The van der Waals surface area contributed by atoms with Crippen molar-refractivity contribution >= 4 is 35.2 Å². The lowest BCUT2D eigenvalue weighted by molar-refractivity contribution is -0.141. The average molecular weight is 486 g/mol. The molecule has 8 heteroatoms. The molecule has 1 atom stereocenters. The highest BCUT2D eigenvalue weighted by molar-refractivity contribution is 7.99. The Morgan fingerprint density at radius 2 is 1.88 bits per heavy atom. The van der Waals surface area contributed by atoms with Crippen LogP contribution in [0, 0.1) is 0 Å². The molecule has 0 bridgehead atoms. The van der Waals surface area contributed by atoms with Crippen molar-refractivity contribution in [2.24, 2.45) is 0 Å². The Bertz CT molecular complexity index is 1070. The Kier molecular flexibility index (Phi) is 9.39. The van der Waals surface area contributed by atoms with E-state index in [9.17, 15) is 14.7 Å². The van der Waals surface area contributed by atoms with E-state index in [4.69, 9.17) is 11.6 Å². The summed E-state index contributed by atoms with van der Waals surface area (Å²) in [6.45, 7) is 2.59. The molecule has 3 aromatic rings. The number of aryl methyl sites for hydroxylation is 1. The molecule has 33 heavy (non-hydrogen) atoms. The highest BCUT2D eigenvalue weighted by Crippen LogP contribution is 2.24. The molecule has 1 aromatic heterocycles. The summed E-state index contributed by atoms with van der Waals surface area (Å²) < 4.78 is 1.99. The Labute approximate surface area is 203 Å². The van der Waals surface area contributed by atoms with E-state index in [1.807, 2.05) is 59.2 Å². The van der Waals surface area contributed by atoms with Crippen molar-refractivity contribution < 1.29 is 14.7 Å². The van der Waals surface area contributed by atoms with Crippen LogP contribution in [-0.4, -0.2) is 38.3 Å². The maximum atomic E-state index is 12.8. The van der Waals surface area contributed by atoms with E-state index in [0.29, 0.717) is 24.4 Å². The smallest absolute Gasteiger partial charge is 0.326 e. The number of carbonyl (C=O) groups excluding carboxylic acids is 1. The molecule has 1 heterocycles. The fourth-order valence-corrected chi connectivity index (χ4v) is 4.48. The van der Waals surface area contributed by atoms with Gasteiger partial charge in [-0.3, -0.25) is 4.79 Å². The van der Waals surface area contributed by atoms with Crippen molar-refractivity contribution in [2.45, 2.75) is 50.4 Å². The summed E-state index contributed by atoms with van der Waals surface area (Å²) in [5, 5.41) is 13.7. The molecule has 0 radical (unpaired) electrons. The largest absolute Gasteiger partial charge is 0.480 e. The van der Waals surface area contributed by atoms with Crippen molar-refractivity contribution in [3.63, 3.8) is 0 Å². The Morgan fingerprint density at radius 3 is 2.58 bits per heavy atom. The highest BCUT2D eigenvalue weighted by Gasteiger charge is 2.22. The molecule has 2 aromatic carbocycles. The van der Waals surface area contributed by atoms with Gasteiger partial charge < -0.3 is 15.0 Å². The highest BCUT2D eigenvalue weighted by atomic mass is 35.5. The van der Waals surface area contributed by atoms with Gasteiger partial charge in [-0.2, -0.15) is 0 Å². The van der Waals surface area contributed by atoms with Gasteiger partial charge in [0.25, 0.3) is 0 Å². The topological polar surface area (TPSA) is 84.2 Å². The predicted octanol–water partition coefficient (Wildman–Crippen LogP) is 4.83.